The third-order valence-electron chi connectivity index (χ3n) is 7.42. The molecule has 10 nitrogen and oxygen atoms in total. The van der Waals surface area contributed by atoms with Crippen molar-refractivity contribution < 1.29 is 37.1 Å². The minimum Gasteiger partial charge on any atom is -0.481 e. The van der Waals surface area contributed by atoms with E-state index in [0.717, 1.165) is 0 Å². The van der Waals surface area contributed by atoms with E-state index in [2.05, 4.69) is 20.6 Å². The molecule has 1 aliphatic heterocycles. The lowest BCUT2D eigenvalue weighted by Gasteiger charge is -2.29. The Morgan fingerprint density at radius 1 is 0.976 bits per heavy atom. The highest BCUT2D eigenvalue weighted by Crippen LogP contribution is 2.36. The summed E-state index contributed by atoms with van der Waals surface area (Å²) in [6.45, 7) is 1.06. The van der Waals surface area contributed by atoms with Gasteiger partial charge in [-0.05, 0) is 56.4 Å². The van der Waals surface area contributed by atoms with Crippen molar-refractivity contribution in [3.8, 4) is 11.5 Å². The minimum absolute atomic E-state index is 0.0469. The summed E-state index contributed by atoms with van der Waals surface area (Å²) in [6, 6.07) is 11.0. The number of anilines is 2. The molecule has 5 rings (SSSR count). The van der Waals surface area contributed by atoms with Gasteiger partial charge >= 0.3 is 12.1 Å². The summed E-state index contributed by atoms with van der Waals surface area (Å²) in [7, 11) is 0. The number of rotatable bonds is 7. The summed E-state index contributed by atoms with van der Waals surface area (Å²) in [5, 5.41) is 14.8. The molecular weight excluding hydrogens is 543 g/mol. The van der Waals surface area contributed by atoms with Gasteiger partial charge in [0.25, 0.3) is 5.91 Å². The van der Waals surface area contributed by atoms with Crippen LogP contribution in [0.1, 0.15) is 48.4 Å². The highest BCUT2D eigenvalue weighted by atomic mass is 19.4. The fourth-order valence-electron chi connectivity index (χ4n) is 5.25. The second-order valence-electron chi connectivity index (χ2n) is 10.2. The van der Waals surface area contributed by atoms with E-state index in [1.54, 1.807) is 29.2 Å². The van der Waals surface area contributed by atoms with E-state index in [-0.39, 0.29) is 35.4 Å². The lowest BCUT2D eigenvalue weighted by molar-refractivity contribution is -0.153. The Kier molecular flexibility index (Phi) is 7.95. The van der Waals surface area contributed by atoms with Gasteiger partial charge in [0.15, 0.2) is 5.69 Å². The molecule has 2 amide bonds. The normalized spacial score (nSPS) is 21.0. The number of oxazole rings is 1. The van der Waals surface area contributed by atoms with Gasteiger partial charge in [-0.2, -0.15) is 13.2 Å². The summed E-state index contributed by atoms with van der Waals surface area (Å²) < 4.78 is 45.6. The summed E-state index contributed by atoms with van der Waals surface area (Å²) >= 11 is 0. The first-order chi connectivity index (χ1) is 19.6. The van der Waals surface area contributed by atoms with Gasteiger partial charge in [-0.1, -0.05) is 18.2 Å². The number of alkyl halides is 3. The molecule has 1 saturated carbocycles. The van der Waals surface area contributed by atoms with Crippen LogP contribution in [0.5, 0.6) is 0 Å². The topological polar surface area (TPSA) is 138 Å². The average molecular weight is 572 g/mol. The second-order valence-corrected chi connectivity index (χ2v) is 10.2. The quantitative estimate of drug-likeness (QED) is 0.364. The number of pyridine rings is 1. The molecule has 3 N–H and O–H groups in total. The van der Waals surface area contributed by atoms with Crippen LogP contribution in [-0.4, -0.2) is 56.9 Å². The zero-order valence-electron chi connectivity index (χ0n) is 21.9. The largest absolute Gasteiger partial charge is 0.481 e. The maximum atomic E-state index is 13.6. The van der Waals surface area contributed by atoms with Crippen LogP contribution in [0.15, 0.2) is 53.1 Å². The molecule has 0 bridgehead atoms. The number of benzene rings is 1. The maximum Gasteiger partial charge on any atom is 0.452 e. The van der Waals surface area contributed by atoms with Crippen LogP contribution in [0.25, 0.3) is 11.5 Å². The van der Waals surface area contributed by atoms with E-state index in [0.29, 0.717) is 56.6 Å². The predicted octanol–water partition coefficient (Wildman–Crippen LogP) is 4.91. The minimum atomic E-state index is -4.92. The van der Waals surface area contributed by atoms with Crippen molar-refractivity contribution in [1.29, 1.82) is 0 Å². The van der Waals surface area contributed by atoms with Gasteiger partial charge in [0, 0.05) is 30.6 Å². The van der Waals surface area contributed by atoms with Crippen LogP contribution in [0, 0.1) is 11.8 Å². The van der Waals surface area contributed by atoms with Crippen molar-refractivity contribution in [2.45, 2.75) is 44.3 Å². The number of hydrogen-bond donors (Lipinski definition) is 3. The highest BCUT2D eigenvalue weighted by Gasteiger charge is 2.42. The number of likely N-dealkylation sites (tertiary alicyclic amines) is 1. The Morgan fingerprint density at radius 3 is 2.32 bits per heavy atom. The Labute approximate surface area is 233 Å². The van der Waals surface area contributed by atoms with Crippen molar-refractivity contribution in [1.82, 2.24) is 14.9 Å². The first kappa shape index (κ1) is 28.1. The monoisotopic (exact) mass is 571 g/mol. The SMILES string of the molecule is O=C(Nc1ccc(N[C@H]2CCN(C(=O)[C@H]3CC[C@H](C(=O)O)CC3)C2)nc1)c1nc(-c2ccccc2)oc1C(F)(F)F. The van der Waals surface area contributed by atoms with E-state index in [4.69, 9.17) is 9.52 Å². The van der Waals surface area contributed by atoms with Gasteiger partial charge in [0.05, 0.1) is 17.8 Å². The van der Waals surface area contributed by atoms with Crippen LogP contribution in [-0.2, 0) is 15.8 Å². The van der Waals surface area contributed by atoms with Crippen LogP contribution in [0.4, 0.5) is 24.7 Å². The molecule has 41 heavy (non-hydrogen) atoms. The predicted molar refractivity (Wildman–Crippen MR) is 141 cm³/mol. The van der Waals surface area contributed by atoms with E-state index < -0.39 is 29.5 Å². The highest BCUT2D eigenvalue weighted by molar-refractivity contribution is 6.04. The van der Waals surface area contributed by atoms with Gasteiger partial charge in [-0.3, -0.25) is 14.4 Å². The fraction of sp³-hybridized carbons (Fsp3) is 0.393. The number of amides is 2. The molecule has 1 saturated heterocycles. The molecule has 2 fully saturated rings. The van der Waals surface area contributed by atoms with E-state index in [9.17, 15) is 27.6 Å². The van der Waals surface area contributed by atoms with Crippen LogP contribution >= 0.6 is 0 Å². The zero-order chi connectivity index (χ0) is 29.1. The first-order valence-corrected chi connectivity index (χ1v) is 13.3. The second kappa shape index (κ2) is 11.6. The van der Waals surface area contributed by atoms with E-state index in [1.807, 2.05) is 0 Å². The van der Waals surface area contributed by atoms with Crippen molar-refractivity contribution in [2.24, 2.45) is 11.8 Å². The standard InChI is InChI=1S/C28H28F3N5O5/c29-28(30,31)23-22(35-25(41-23)16-4-2-1-3-5-16)24(37)34-19-10-11-21(32-14-19)33-20-12-13-36(15-20)26(38)17-6-8-18(9-7-17)27(39)40/h1-5,10-11,14,17-18,20H,6-9,12-13,15H2,(H,32,33)(H,34,37)(H,39,40)/t17-,18-,20-/m0/s1. The Bertz CT molecular complexity index is 1400. The number of aromatic nitrogens is 2. The van der Waals surface area contributed by atoms with E-state index >= 15 is 0 Å². The summed E-state index contributed by atoms with van der Waals surface area (Å²) in [6.07, 6.45) is -0.742. The fourth-order valence-corrected chi connectivity index (χ4v) is 5.25. The van der Waals surface area contributed by atoms with Crippen LogP contribution in [0.2, 0.25) is 0 Å². The average Bonchev–Trinajstić information content (AvgIpc) is 3.62. The van der Waals surface area contributed by atoms with Gasteiger partial charge in [-0.15, -0.1) is 0 Å². The molecule has 216 valence electrons. The molecular formula is C28H28F3N5O5. The third-order valence-corrected chi connectivity index (χ3v) is 7.42. The van der Waals surface area contributed by atoms with E-state index in [1.165, 1.54) is 24.4 Å². The van der Waals surface area contributed by atoms with Gasteiger partial charge in [-0.25, -0.2) is 9.97 Å². The van der Waals surface area contributed by atoms with Crippen molar-refractivity contribution in [3.63, 3.8) is 0 Å². The maximum absolute atomic E-state index is 13.6. The van der Waals surface area contributed by atoms with Crippen molar-refractivity contribution >= 4 is 29.3 Å². The number of hydrogen-bond acceptors (Lipinski definition) is 7. The first-order valence-electron chi connectivity index (χ1n) is 13.3. The number of carbonyl (C=O) groups excluding carboxylic acids is 2. The number of nitrogens with one attached hydrogen (secondary N) is 2. The lowest BCUT2D eigenvalue weighted by atomic mass is 9.81. The zero-order valence-corrected chi connectivity index (χ0v) is 21.9. The molecule has 0 radical (unpaired) electrons. The smallest absolute Gasteiger partial charge is 0.452 e. The molecule has 0 spiro atoms. The number of nitrogens with zero attached hydrogens (tertiary/aromatic N) is 3. The van der Waals surface area contributed by atoms with Crippen molar-refractivity contribution in [2.75, 3.05) is 23.7 Å². The summed E-state index contributed by atoms with van der Waals surface area (Å²) in [5.74, 6) is -3.71. The van der Waals surface area contributed by atoms with Crippen LogP contribution in [0.3, 0.4) is 0 Å². The number of aliphatic carboxylic acids is 1. The van der Waals surface area contributed by atoms with Gasteiger partial charge < -0.3 is 25.1 Å². The number of carboxylic acids is 1. The van der Waals surface area contributed by atoms with Crippen LogP contribution < -0.4 is 10.6 Å². The van der Waals surface area contributed by atoms with Gasteiger partial charge in [0.1, 0.15) is 5.82 Å². The van der Waals surface area contributed by atoms with Gasteiger partial charge in [0.2, 0.25) is 17.6 Å². The molecule has 2 aromatic heterocycles. The molecule has 3 heterocycles. The molecule has 2 aliphatic rings. The Morgan fingerprint density at radius 2 is 1.68 bits per heavy atom. The number of carbonyl (C=O) groups is 3. The van der Waals surface area contributed by atoms with Crippen molar-refractivity contribution in [3.05, 3.63) is 60.1 Å². The molecule has 1 aromatic carbocycles. The molecule has 13 heteroatoms. The third kappa shape index (κ3) is 6.50. The molecule has 1 aliphatic carbocycles. The summed E-state index contributed by atoms with van der Waals surface area (Å²) in [4.78, 5) is 46.7. The lowest BCUT2D eigenvalue weighted by Crippen LogP contribution is -2.38. The summed E-state index contributed by atoms with van der Waals surface area (Å²) in [5.41, 5.74) is -0.421. The molecule has 0 unspecified atom stereocenters. The number of halogens is 3. The molecule has 3 aromatic rings. The number of carboxylic acid groups (broad SMARTS) is 1. The Balaban J connectivity index is 1.17. The Hall–Kier alpha value is -4.42. The molecule has 1 atom stereocenters.